The summed E-state index contributed by atoms with van der Waals surface area (Å²) in [6, 6.07) is 8.10. The molecule has 0 aliphatic rings. The Hall–Kier alpha value is -1.88. The number of hydrogen-bond donors (Lipinski definition) is 1. The number of rotatable bonds is 7. The molecule has 1 aromatic heterocycles. The number of nitrogens with two attached hydrogens (primary N) is 1. The van der Waals surface area contributed by atoms with E-state index in [2.05, 4.69) is 43.2 Å². The lowest BCUT2D eigenvalue weighted by Crippen LogP contribution is -2.11. The Labute approximate surface area is 126 Å². The van der Waals surface area contributed by atoms with E-state index in [0.717, 1.165) is 30.1 Å². The molecular weight excluding hydrogens is 264 g/mol. The van der Waals surface area contributed by atoms with Gasteiger partial charge >= 0.3 is 0 Å². The fourth-order valence-corrected chi connectivity index (χ4v) is 2.34. The van der Waals surface area contributed by atoms with Crippen molar-refractivity contribution in [3.63, 3.8) is 0 Å². The van der Waals surface area contributed by atoms with Crippen molar-refractivity contribution in [1.82, 2.24) is 15.0 Å². The van der Waals surface area contributed by atoms with E-state index in [1.807, 2.05) is 16.8 Å². The first-order chi connectivity index (χ1) is 10.1. The third kappa shape index (κ3) is 4.04. The SMILES string of the molecule is Cc1ccc(OCCCn2nnc(CN)c2C(C)C)cc1. The zero-order chi connectivity index (χ0) is 15.2. The summed E-state index contributed by atoms with van der Waals surface area (Å²) < 4.78 is 7.68. The Bertz CT molecular complexity index is 560. The van der Waals surface area contributed by atoms with Crippen molar-refractivity contribution in [3.8, 4) is 5.75 Å². The van der Waals surface area contributed by atoms with Crippen molar-refractivity contribution in [2.45, 2.75) is 46.2 Å². The van der Waals surface area contributed by atoms with Gasteiger partial charge in [-0.3, -0.25) is 0 Å². The second kappa shape index (κ2) is 7.22. The van der Waals surface area contributed by atoms with Crippen LogP contribution in [-0.2, 0) is 13.1 Å². The monoisotopic (exact) mass is 288 g/mol. The lowest BCUT2D eigenvalue weighted by atomic mass is 10.1. The Morgan fingerprint density at radius 1 is 1.24 bits per heavy atom. The molecule has 0 aliphatic heterocycles. The predicted octanol–water partition coefficient (Wildman–Crippen LogP) is 2.64. The summed E-state index contributed by atoms with van der Waals surface area (Å²) in [4.78, 5) is 0. The highest BCUT2D eigenvalue weighted by atomic mass is 16.5. The lowest BCUT2D eigenvalue weighted by Gasteiger charge is -2.11. The highest BCUT2D eigenvalue weighted by Gasteiger charge is 2.14. The Kier molecular flexibility index (Phi) is 5.33. The van der Waals surface area contributed by atoms with E-state index >= 15 is 0 Å². The predicted molar refractivity (Wildman–Crippen MR) is 83.3 cm³/mol. The van der Waals surface area contributed by atoms with Crippen LogP contribution in [0.2, 0.25) is 0 Å². The molecule has 0 saturated carbocycles. The lowest BCUT2D eigenvalue weighted by molar-refractivity contribution is 0.296. The van der Waals surface area contributed by atoms with Gasteiger partial charge in [-0.2, -0.15) is 0 Å². The van der Waals surface area contributed by atoms with Crippen molar-refractivity contribution >= 4 is 0 Å². The van der Waals surface area contributed by atoms with Crippen LogP contribution in [0.1, 0.15) is 43.1 Å². The van der Waals surface area contributed by atoms with Gasteiger partial charge in [0.25, 0.3) is 0 Å². The first-order valence-electron chi connectivity index (χ1n) is 7.43. The number of aromatic nitrogens is 3. The van der Waals surface area contributed by atoms with Crippen LogP contribution in [-0.4, -0.2) is 21.6 Å². The van der Waals surface area contributed by atoms with Gasteiger partial charge in [-0.1, -0.05) is 36.8 Å². The van der Waals surface area contributed by atoms with Crippen LogP contribution >= 0.6 is 0 Å². The summed E-state index contributed by atoms with van der Waals surface area (Å²) in [6.07, 6.45) is 0.890. The molecule has 2 N–H and O–H groups in total. The van der Waals surface area contributed by atoms with Gasteiger partial charge in [0.1, 0.15) is 5.75 Å². The molecule has 0 saturated heterocycles. The maximum Gasteiger partial charge on any atom is 0.119 e. The number of nitrogens with zero attached hydrogens (tertiary/aromatic N) is 3. The molecule has 0 atom stereocenters. The second-order valence-corrected chi connectivity index (χ2v) is 5.52. The van der Waals surface area contributed by atoms with Gasteiger partial charge in [-0.05, 0) is 25.0 Å². The normalized spacial score (nSPS) is 11.1. The van der Waals surface area contributed by atoms with Crippen LogP contribution in [0.25, 0.3) is 0 Å². The van der Waals surface area contributed by atoms with Crippen LogP contribution < -0.4 is 10.5 Å². The van der Waals surface area contributed by atoms with Crippen molar-refractivity contribution in [3.05, 3.63) is 41.2 Å². The minimum absolute atomic E-state index is 0.372. The van der Waals surface area contributed by atoms with E-state index in [0.29, 0.717) is 19.1 Å². The zero-order valence-corrected chi connectivity index (χ0v) is 13.0. The van der Waals surface area contributed by atoms with Crippen LogP contribution in [0.3, 0.4) is 0 Å². The molecule has 0 spiro atoms. The summed E-state index contributed by atoms with van der Waals surface area (Å²) in [5.41, 5.74) is 8.97. The van der Waals surface area contributed by atoms with Crippen LogP contribution in [0.5, 0.6) is 5.75 Å². The third-order valence-corrected chi connectivity index (χ3v) is 3.39. The average Bonchev–Trinajstić information content (AvgIpc) is 2.88. The van der Waals surface area contributed by atoms with Crippen molar-refractivity contribution < 1.29 is 4.74 Å². The summed E-state index contributed by atoms with van der Waals surface area (Å²) in [6.45, 7) is 8.24. The molecule has 1 aromatic carbocycles. The molecule has 1 heterocycles. The highest BCUT2D eigenvalue weighted by Crippen LogP contribution is 2.17. The Morgan fingerprint density at radius 3 is 2.57 bits per heavy atom. The molecule has 2 aromatic rings. The minimum Gasteiger partial charge on any atom is -0.494 e. The number of aryl methyl sites for hydroxylation is 2. The largest absolute Gasteiger partial charge is 0.494 e. The molecule has 0 radical (unpaired) electrons. The Morgan fingerprint density at radius 2 is 1.95 bits per heavy atom. The fraction of sp³-hybridized carbons (Fsp3) is 0.500. The summed E-state index contributed by atoms with van der Waals surface area (Å²) in [7, 11) is 0. The van der Waals surface area contributed by atoms with Gasteiger partial charge in [-0.15, -0.1) is 5.10 Å². The van der Waals surface area contributed by atoms with Gasteiger partial charge in [-0.25, -0.2) is 4.68 Å². The van der Waals surface area contributed by atoms with Gasteiger partial charge in [0.05, 0.1) is 18.0 Å². The number of benzene rings is 1. The number of ether oxygens (including phenoxy) is 1. The molecule has 21 heavy (non-hydrogen) atoms. The van der Waals surface area contributed by atoms with Gasteiger partial charge in [0.2, 0.25) is 0 Å². The van der Waals surface area contributed by atoms with E-state index < -0.39 is 0 Å². The highest BCUT2D eigenvalue weighted by molar-refractivity contribution is 5.26. The number of hydrogen-bond acceptors (Lipinski definition) is 4. The van der Waals surface area contributed by atoms with Crippen LogP contribution in [0, 0.1) is 6.92 Å². The smallest absolute Gasteiger partial charge is 0.119 e. The summed E-state index contributed by atoms with van der Waals surface area (Å²) in [5.74, 6) is 1.28. The fourth-order valence-electron chi connectivity index (χ4n) is 2.34. The quantitative estimate of drug-likeness (QED) is 0.795. The molecule has 0 amide bonds. The standard InChI is InChI=1S/C16H24N4O/c1-12(2)16-15(11-17)18-19-20(16)9-4-10-21-14-7-5-13(3)6-8-14/h5-8,12H,4,9-11,17H2,1-3H3. The molecular formula is C16H24N4O. The summed E-state index contributed by atoms with van der Waals surface area (Å²) >= 11 is 0. The Balaban J connectivity index is 1.86. The topological polar surface area (TPSA) is 66.0 Å². The maximum absolute atomic E-state index is 5.73. The summed E-state index contributed by atoms with van der Waals surface area (Å²) in [5, 5.41) is 8.35. The first-order valence-corrected chi connectivity index (χ1v) is 7.43. The van der Waals surface area contributed by atoms with Crippen molar-refractivity contribution in [1.29, 1.82) is 0 Å². The van der Waals surface area contributed by atoms with Crippen molar-refractivity contribution in [2.75, 3.05) is 6.61 Å². The minimum atomic E-state index is 0.372. The molecule has 5 nitrogen and oxygen atoms in total. The van der Waals surface area contributed by atoms with Crippen LogP contribution in [0.15, 0.2) is 24.3 Å². The average molecular weight is 288 g/mol. The molecule has 0 bridgehead atoms. The third-order valence-electron chi connectivity index (χ3n) is 3.39. The first kappa shape index (κ1) is 15.5. The molecule has 5 heteroatoms. The van der Waals surface area contributed by atoms with E-state index in [1.54, 1.807) is 0 Å². The molecule has 2 rings (SSSR count). The maximum atomic E-state index is 5.73. The molecule has 0 unspecified atom stereocenters. The van der Waals surface area contributed by atoms with E-state index in [-0.39, 0.29) is 0 Å². The van der Waals surface area contributed by atoms with E-state index in [9.17, 15) is 0 Å². The van der Waals surface area contributed by atoms with Crippen LogP contribution in [0.4, 0.5) is 0 Å². The zero-order valence-electron chi connectivity index (χ0n) is 13.0. The van der Waals surface area contributed by atoms with Gasteiger partial charge < -0.3 is 10.5 Å². The van der Waals surface area contributed by atoms with Gasteiger partial charge in [0.15, 0.2) is 0 Å². The molecule has 0 aliphatic carbocycles. The second-order valence-electron chi connectivity index (χ2n) is 5.52. The van der Waals surface area contributed by atoms with Gasteiger partial charge in [0, 0.05) is 19.5 Å². The van der Waals surface area contributed by atoms with Crippen molar-refractivity contribution in [2.24, 2.45) is 5.73 Å². The van der Waals surface area contributed by atoms with E-state index in [1.165, 1.54) is 5.56 Å². The molecule has 0 fully saturated rings. The molecule has 114 valence electrons. The van der Waals surface area contributed by atoms with E-state index in [4.69, 9.17) is 10.5 Å².